The van der Waals surface area contributed by atoms with Crippen molar-refractivity contribution in [2.24, 2.45) is 0 Å². The minimum Gasteiger partial charge on any atom is -0.380 e. The van der Waals surface area contributed by atoms with Crippen LogP contribution in [0.1, 0.15) is 23.6 Å². The molecule has 1 aliphatic heterocycles. The summed E-state index contributed by atoms with van der Waals surface area (Å²) in [5.41, 5.74) is 3.19. The Hall–Kier alpha value is -2.95. The number of nitrogens with zero attached hydrogens (tertiary/aromatic N) is 4. The van der Waals surface area contributed by atoms with Crippen LogP contribution in [-0.4, -0.2) is 47.4 Å². The minimum atomic E-state index is -0.495. The van der Waals surface area contributed by atoms with Gasteiger partial charge in [0.2, 0.25) is 0 Å². The summed E-state index contributed by atoms with van der Waals surface area (Å²) >= 11 is 0. The topological polar surface area (TPSA) is 85.4 Å². The van der Waals surface area contributed by atoms with E-state index >= 15 is 0 Å². The van der Waals surface area contributed by atoms with Crippen LogP contribution in [0.5, 0.6) is 0 Å². The van der Waals surface area contributed by atoms with Gasteiger partial charge in [0.25, 0.3) is 5.69 Å². The zero-order chi connectivity index (χ0) is 19.9. The van der Waals surface area contributed by atoms with E-state index in [1.165, 1.54) is 17.7 Å². The van der Waals surface area contributed by atoms with Crippen molar-refractivity contribution >= 4 is 11.4 Å². The second-order valence-corrected chi connectivity index (χ2v) is 6.98. The molecule has 0 atom stereocenters. The van der Waals surface area contributed by atoms with Gasteiger partial charge in [0.1, 0.15) is 6.07 Å². The molecule has 3 rings (SSSR count). The van der Waals surface area contributed by atoms with Gasteiger partial charge in [0, 0.05) is 51.4 Å². The van der Waals surface area contributed by atoms with Crippen molar-refractivity contribution in [1.82, 2.24) is 9.80 Å². The molecular weight excluding hydrogens is 354 g/mol. The summed E-state index contributed by atoms with van der Waals surface area (Å²) in [6.07, 6.45) is 0. The molecule has 0 saturated carbocycles. The summed E-state index contributed by atoms with van der Waals surface area (Å²) in [5.74, 6) is 0. The van der Waals surface area contributed by atoms with Gasteiger partial charge < -0.3 is 10.2 Å². The number of nitriles is 1. The van der Waals surface area contributed by atoms with E-state index in [1.54, 1.807) is 6.07 Å². The number of benzene rings is 2. The number of anilines is 1. The molecule has 0 amide bonds. The van der Waals surface area contributed by atoms with E-state index in [0.29, 0.717) is 12.2 Å². The lowest BCUT2D eigenvalue weighted by Gasteiger charge is -2.34. The first-order valence-corrected chi connectivity index (χ1v) is 9.54. The molecule has 1 N–H and O–H groups in total. The molecule has 1 heterocycles. The van der Waals surface area contributed by atoms with Crippen molar-refractivity contribution in [2.45, 2.75) is 20.0 Å². The standard InChI is InChI=1S/C21H25N5O2/c1-2-24-9-11-25(12-10-24)16-18-5-3-17(4-6-18)15-23-21-8-7-20(26(27)28)13-19(21)14-22/h3-8,13,23H,2,9-12,15-16H2,1H3. The highest BCUT2D eigenvalue weighted by Gasteiger charge is 2.15. The van der Waals surface area contributed by atoms with Crippen molar-refractivity contribution in [3.63, 3.8) is 0 Å². The van der Waals surface area contributed by atoms with Gasteiger partial charge in [-0.1, -0.05) is 31.2 Å². The normalized spacial score (nSPS) is 15.1. The molecule has 28 heavy (non-hydrogen) atoms. The van der Waals surface area contributed by atoms with E-state index in [2.05, 4.69) is 46.3 Å². The molecule has 0 bridgehead atoms. The molecule has 0 unspecified atom stereocenters. The predicted molar refractivity (Wildman–Crippen MR) is 109 cm³/mol. The summed E-state index contributed by atoms with van der Waals surface area (Å²) in [6, 6.07) is 14.8. The van der Waals surface area contributed by atoms with Crippen LogP contribution < -0.4 is 5.32 Å². The van der Waals surface area contributed by atoms with Crippen molar-refractivity contribution in [3.8, 4) is 6.07 Å². The van der Waals surface area contributed by atoms with Crippen LogP contribution in [0.2, 0.25) is 0 Å². The van der Waals surface area contributed by atoms with Crippen molar-refractivity contribution in [1.29, 1.82) is 5.26 Å². The summed E-state index contributed by atoms with van der Waals surface area (Å²) in [4.78, 5) is 15.3. The second kappa shape index (κ2) is 9.31. The van der Waals surface area contributed by atoms with Gasteiger partial charge in [-0.2, -0.15) is 5.26 Å². The second-order valence-electron chi connectivity index (χ2n) is 6.98. The Balaban J connectivity index is 1.55. The maximum atomic E-state index is 10.8. The molecule has 0 spiro atoms. The maximum absolute atomic E-state index is 10.8. The van der Waals surface area contributed by atoms with E-state index < -0.39 is 4.92 Å². The highest BCUT2D eigenvalue weighted by molar-refractivity contribution is 5.61. The van der Waals surface area contributed by atoms with Crippen molar-refractivity contribution in [3.05, 3.63) is 69.3 Å². The lowest BCUT2D eigenvalue weighted by Crippen LogP contribution is -2.45. The Bertz CT molecular complexity index is 852. The summed E-state index contributed by atoms with van der Waals surface area (Å²) < 4.78 is 0. The number of nitro benzene ring substituents is 1. The van der Waals surface area contributed by atoms with Gasteiger partial charge in [-0.3, -0.25) is 15.0 Å². The van der Waals surface area contributed by atoms with Crippen LogP contribution in [0.25, 0.3) is 0 Å². The number of nitrogens with one attached hydrogen (secondary N) is 1. The molecule has 0 aliphatic carbocycles. The Labute approximate surface area is 165 Å². The molecule has 1 saturated heterocycles. The number of rotatable bonds is 7. The van der Waals surface area contributed by atoms with Gasteiger partial charge in [-0.15, -0.1) is 0 Å². The summed E-state index contributed by atoms with van der Waals surface area (Å²) in [5, 5.41) is 23.3. The Morgan fingerprint density at radius 1 is 1.07 bits per heavy atom. The van der Waals surface area contributed by atoms with Crippen LogP contribution >= 0.6 is 0 Å². The largest absolute Gasteiger partial charge is 0.380 e. The third-order valence-corrected chi connectivity index (χ3v) is 5.16. The molecular formula is C21H25N5O2. The first-order chi connectivity index (χ1) is 13.6. The molecule has 146 valence electrons. The van der Waals surface area contributed by atoms with Crippen molar-refractivity contribution < 1.29 is 4.92 Å². The summed E-state index contributed by atoms with van der Waals surface area (Å²) in [6.45, 7) is 9.33. The molecule has 1 aliphatic rings. The van der Waals surface area contributed by atoms with E-state index in [0.717, 1.165) is 44.8 Å². The summed E-state index contributed by atoms with van der Waals surface area (Å²) in [7, 11) is 0. The molecule has 1 fully saturated rings. The number of likely N-dealkylation sites (N-methyl/N-ethyl adjacent to an activating group) is 1. The smallest absolute Gasteiger partial charge is 0.270 e. The highest BCUT2D eigenvalue weighted by atomic mass is 16.6. The van der Waals surface area contributed by atoms with Crippen molar-refractivity contribution in [2.75, 3.05) is 38.0 Å². The fourth-order valence-electron chi connectivity index (χ4n) is 3.37. The van der Waals surface area contributed by atoms with Crippen LogP contribution in [0.3, 0.4) is 0 Å². The quantitative estimate of drug-likeness (QED) is 0.587. The first-order valence-electron chi connectivity index (χ1n) is 9.54. The van der Waals surface area contributed by atoms with Crippen LogP contribution in [0, 0.1) is 21.4 Å². The van der Waals surface area contributed by atoms with Gasteiger partial charge in [0.15, 0.2) is 0 Å². The van der Waals surface area contributed by atoms with Gasteiger partial charge >= 0.3 is 0 Å². The third-order valence-electron chi connectivity index (χ3n) is 5.16. The molecule has 0 aromatic heterocycles. The fraction of sp³-hybridized carbons (Fsp3) is 0.381. The Morgan fingerprint density at radius 3 is 2.32 bits per heavy atom. The molecule has 2 aromatic carbocycles. The number of hydrogen-bond donors (Lipinski definition) is 1. The van der Waals surface area contributed by atoms with E-state index in [9.17, 15) is 15.4 Å². The lowest BCUT2D eigenvalue weighted by atomic mass is 10.1. The molecule has 7 heteroatoms. The minimum absolute atomic E-state index is 0.0776. The zero-order valence-corrected chi connectivity index (χ0v) is 16.1. The van der Waals surface area contributed by atoms with E-state index in [1.807, 2.05) is 6.07 Å². The average Bonchev–Trinajstić information content (AvgIpc) is 2.73. The predicted octanol–water partition coefficient (Wildman–Crippen LogP) is 3.22. The highest BCUT2D eigenvalue weighted by Crippen LogP contribution is 2.22. The lowest BCUT2D eigenvalue weighted by molar-refractivity contribution is -0.384. The number of hydrogen-bond acceptors (Lipinski definition) is 6. The van der Waals surface area contributed by atoms with E-state index in [-0.39, 0.29) is 11.3 Å². The Kier molecular flexibility index (Phi) is 6.58. The van der Waals surface area contributed by atoms with Gasteiger partial charge in [0.05, 0.1) is 16.2 Å². The fourth-order valence-corrected chi connectivity index (χ4v) is 3.37. The average molecular weight is 379 g/mol. The number of piperazine rings is 1. The van der Waals surface area contributed by atoms with E-state index in [4.69, 9.17) is 0 Å². The van der Waals surface area contributed by atoms with Gasteiger partial charge in [-0.25, -0.2) is 0 Å². The molecule has 7 nitrogen and oxygen atoms in total. The van der Waals surface area contributed by atoms with Gasteiger partial charge in [-0.05, 0) is 23.7 Å². The number of nitro groups is 1. The van der Waals surface area contributed by atoms with Crippen LogP contribution in [0.15, 0.2) is 42.5 Å². The van der Waals surface area contributed by atoms with Crippen LogP contribution in [0.4, 0.5) is 11.4 Å². The zero-order valence-electron chi connectivity index (χ0n) is 16.1. The molecule has 0 radical (unpaired) electrons. The Morgan fingerprint density at radius 2 is 1.71 bits per heavy atom. The third kappa shape index (κ3) is 5.06. The first kappa shape index (κ1) is 19.8. The molecule has 2 aromatic rings. The SMILES string of the molecule is CCN1CCN(Cc2ccc(CNc3ccc([N+](=O)[O-])cc3C#N)cc2)CC1. The van der Waals surface area contributed by atoms with Crippen LogP contribution in [-0.2, 0) is 13.1 Å². The number of non-ortho nitro benzene ring substituents is 1. The maximum Gasteiger partial charge on any atom is 0.270 e. The monoisotopic (exact) mass is 379 g/mol.